The van der Waals surface area contributed by atoms with Gasteiger partial charge in [0.25, 0.3) is 5.91 Å². The fourth-order valence-electron chi connectivity index (χ4n) is 2.66. The fraction of sp³-hybridized carbons (Fsp3) is 0.190. The first-order valence-electron chi connectivity index (χ1n) is 8.59. The number of methoxy groups -OCH3 is 1. The molecule has 1 aromatic carbocycles. The molecule has 1 aliphatic rings. The quantitative estimate of drug-likeness (QED) is 0.790. The number of nitrogens with two attached hydrogens (primary N) is 1. The third-order valence-corrected chi connectivity index (χ3v) is 4.94. The average Bonchev–Trinajstić information content (AvgIpc) is 3.12. The summed E-state index contributed by atoms with van der Waals surface area (Å²) in [6, 6.07) is 11.1. The Bertz CT molecular complexity index is 852. The van der Waals surface area contributed by atoms with Gasteiger partial charge < -0.3 is 20.1 Å². The molecule has 3 rings (SSSR count). The minimum absolute atomic E-state index is 0.0737. The van der Waals surface area contributed by atoms with Gasteiger partial charge in [-0.15, -0.1) is 11.3 Å². The second-order valence-electron chi connectivity index (χ2n) is 5.93. The molecule has 27 heavy (non-hydrogen) atoms. The van der Waals surface area contributed by atoms with Crippen molar-refractivity contribution in [3.05, 3.63) is 82.4 Å². The molecule has 0 saturated carbocycles. The molecule has 0 fully saturated rings. The predicted molar refractivity (Wildman–Crippen MR) is 107 cm³/mol. The molecular weight excluding hydrogens is 360 g/mol. The van der Waals surface area contributed by atoms with Crippen molar-refractivity contribution in [3.8, 4) is 11.5 Å². The largest absolute Gasteiger partial charge is 0.497 e. The zero-order valence-electron chi connectivity index (χ0n) is 15.1. The van der Waals surface area contributed by atoms with E-state index in [0.29, 0.717) is 24.4 Å². The van der Waals surface area contributed by atoms with E-state index in [0.717, 1.165) is 16.3 Å². The Kier molecular flexibility index (Phi) is 6.33. The zero-order valence-corrected chi connectivity index (χ0v) is 15.9. The molecule has 0 unspecified atom stereocenters. The number of carbonyl (C=O) groups excluding carboxylic acids is 1. The molecule has 0 saturated heterocycles. The van der Waals surface area contributed by atoms with Crippen LogP contribution in [0.3, 0.4) is 0 Å². The molecule has 1 aromatic heterocycles. The van der Waals surface area contributed by atoms with Gasteiger partial charge in [0.15, 0.2) is 6.61 Å². The summed E-state index contributed by atoms with van der Waals surface area (Å²) < 4.78 is 10.8. The van der Waals surface area contributed by atoms with Crippen molar-refractivity contribution in [2.24, 2.45) is 5.73 Å². The Morgan fingerprint density at radius 2 is 1.96 bits per heavy atom. The van der Waals surface area contributed by atoms with Gasteiger partial charge in [-0.3, -0.25) is 4.79 Å². The van der Waals surface area contributed by atoms with Crippen LogP contribution in [0.5, 0.6) is 11.5 Å². The number of nitrogens with zero attached hydrogens (tertiary/aromatic N) is 1. The maximum atomic E-state index is 13.0. The van der Waals surface area contributed by atoms with Gasteiger partial charge in [0, 0.05) is 17.0 Å². The number of hydrogen-bond acceptors (Lipinski definition) is 5. The van der Waals surface area contributed by atoms with Crippen LogP contribution in [0.15, 0.2) is 77.5 Å². The summed E-state index contributed by atoms with van der Waals surface area (Å²) in [5.41, 5.74) is 7.60. The van der Waals surface area contributed by atoms with Crippen molar-refractivity contribution in [2.75, 3.05) is 13.7 Å². The molecule has 2 aromatic rings. The molecule has 6 heteroatoms. The smallest absolute Gasteiger partial charge is 0.265 e. The molecule has 0 radical (unpaired) electrons. The summed E-state index contributed by atoms with van der Waals surface area (Å²) in [6.45, 7) is 0.387. The van der Waals surface area contributed by atoms with Crippen LogP contribution in [0, 0.1) is 0 Å². The molecule has 1 amide bonds. The first kappa shape index (κ1) is 18.8. The van der Waals surface area contributed by atoms with Crippen LogP contribution in [0.4, 0.5) is 0 Å². The van der Waals surface area contributed by atoms with Gasteiger partial charge in [-0.25, -0.2) is 0 Å². The number of ether oxygens (including phenoxy) is 2. The maximum absolute atomic E-state index is 13.0. The van der Waals surface area contributed by atoms with E-state index >= 15 is 0 Å². The van der Waals surface area contributed by atoms with E-state index in [1.165, 1.54) is 0 Å². The Morgan fingerprint density at radius 1 is 1.19 bits per heavy atom. The van der Waals surface area contributed by atoms with Crippen LogP contribution in [-0.2, 0) is 11.3 Å². The third kappa shape index (κ3) is 5.01. The van der Waals surface area contributed by atoms with Crippen LogP contribution in [0.25, 0.3) is 0 Å². The first-order valence-corrected chi connectivity index (χ1v) is 9.47. The molecule has 0 aliphatic heterocycles. The number of benzene rings is 1. The minimum Gasteiger partial charge on any atom is -0.497 e. The van der Waals surface area contributed by atoms with E-state index in [1.807, 2.05) is 41.8 Å². The Labute approximate surface area is 163 Å². The summed E-state index contributed by atoms with van der Waals surface area (Å²) in [7, 11) is 1.61. The van der Waals surface area contributed by atoms with Crippen molar-refractivity contribution in [2.45, 2.75) is 13.0 Å². The van der Waals surface area contributed by atoms with Gasteiger partial charge >= 0.3 is 0 Å². The Hall–Kier alpha value is -2.99. The zero-order chi connectivity index (χ0) is 19.1. The molecule has 5 nitrogen and oxygen atoms in total. The topological polar surface area (TPSA) is 64.8 Å². The number of hydrogen-bond donors (Lipinski definition) is 1. The van der Waals surface area contributed by atoms with Crippen molar-refractivity contribution in [1.29, 1.82) is 0 Å². The van der Waals surface area contributed by atoms with Crippen LogP contribution in [0.2, 0.25) is 0 Å². The number of allylic oxidation sites excluding steroid dienone is 4. The monoisotopic (exact) mass is 382 g/mol. The number of carbonyl (C=O) groups is 1. The summed E-state index contributed by atoms with van der Waals surface area (Å²) in [6.07, 6.45) is 8.28. The SMILES string of the molecule is COc1ccc(OCC(=O)N(Cc2cccs2)C2=C(N)CC=CC=C2)cc1. The van der Waals surface area contributed by atoms with Crippen molar-refractivity contribution in [3.63, 3.8) is 0 Å². The van der Waals surface area contributed by atoms with Crippen LogP contribution in [-0.4, -0.2) is 24.5 Å². The fourth-order valence-corrected chi connectivity index (χ4v) is 3.35. The van der Waals surface area contributed by atoms with E-state index in [4.69, 9.17) is 15.2 Å². The number of thiophene rings is 1. The lowest BCUT2D eigenvalue weighted by Crippen LogP contribution is -2.34. The van der Waals surface area contributed by atoms with Crippen LogP contribution < -0.4 is 15.2 Å². The van der Waals surface area contributed by atoms with E-state index in [1.54, 1.807) is 47.6 Å². The second kappa shape index (κ2) is 9.09. The molecule has 1 heterocycles. The third-order valence-electron chi connectivity index (χ3n) is 4.08. The average molecular weight is 382 g/mol. The van der Waals surface area contributed by atoms with Gasteiger partial charge in [0.05, 0.1) is 19.4 Å². The maximum Gasteiger partial charge on any atom is 0.265 e. The molecule has 2 N–H and O–H groups in total. The van der Waals surface area contributed by atoms with Gasteiger partial charge in [-0.05, 0) is 41.8 Å². The van der Waals surface area contributed by atoms with Crippen molar-refractivity contribution >= 4 is 17.2 Å². The van der Waals surface area contributed by atoms with Crippen LogP contribution >= 0.6 is 11.3 Å². The van der Waals surface area contributed by atoms with Gasteiger partial charge in [0.2, 0.25) is 0 Å². The molecule has 0 spiro atoms. The number of rotatable bonds is 7. The summed E-state index contributed by atoms with van der Waals surface area (Å²) in [5.74, 6) is 1.20. The molecule has 0 atom stereocenters. The summed E-state index contributed by atoms with van der Waals surface area (Å²) in [5, 5.41) is 1.99. The molecule has 140 valence electrons. The summed E-state index contributed by atoms with van der Waals surface area (Å²) in [4.78, 5) is 15.7. The lowest BCUT2D eigenvalue weighted by molar-refractivity contribution is -0.131. The van der Waals surface area contributed by atoms with Crippen LogP contribution in [0.1, 0.15) is 11.3 Å². The molecular formula is C21H22N2O3S. The highest BCUT2D eigenvalue weighted by Crippen LogP contribution is 2.22. The lowest BCUT2D eigenvalue weighted by Gasteiger charge is -2.25. The standard InChI is InChI=1S/C21H22N2O3S/c1-25-16-9-11-17(12-10-16)26-15-21(24)23(14-18-6-5-13-27-18)20-8-4-2-3-7-19(20)22/h2-6,8-13H,7,14-15,22H2,1H3. The molecule has 0 bridgehead atoms. The van der Waals surface area contributed by atoms with Gasteiger partial charge in [0.1, 0.15) is 11.5 Å². The summed E-state index contributed by atoms with van der Waals surface area (Å²) >= 11 is 1.61. The highest BCUT2D eigenvalue weighted by Gasteiger charge is 2.21. The second-order valence-corrected chi connectivity index (χ2v) is 6.96. The van der Waals surface area contributed by atoms with E-state index in [2.05, 4.69) is 0 Å². The Morgan fingerprint density at radius 3 is 2.67 bits per heavy atom. The van der Waals surface area contributed by atoms with Gasteiger partial charge in [-0.2, -0.15) is 0 Å². The van der Waals surface area contributed by atoms with E-state index in [9.17, 15) is 4.79 Å². The van der Waals surface area contributed by atoms with Crippen molar-refractivity contribution in [1.82, 2.24) is 4.90 Å². The highest BCUT2D eigenvalue weighted by molar-refractivity contribution is 7.09. The predicted octanol–water partition coefficient (Wildman–Crippen LogP) is 3.85. The molecule has 1 aliphatic carbocycles. The van der Waals surface area contributed by atoms with E-state index < -0.39 is 0 Å². The minimum atomic E-state index is -0.149. The first-order chi connectivity index (χ1) is 13.2. The normalized spacial score (nSPS) is 13.4. The lowest BCUT2D eigenvalue weighted by atomic mass is 10.2. The number of amides is 1. The van der Waals surface area contributed by atoms with Gasteiger partial charge in [-0.1, -0.05) is 24.3 Å². The Balaban J connectivity index is 1.75. The van der Waals surface area contributed by atoms with E-state index in [-0.39, 0.29) is 12.5 Å². The highest BCUT2D eigenvalue weighted by atomic mass is 32.1. The van der Waals surface area contributed by atoms with Crippen molar-refractivity contribution < 1.29 is 14.3 Å².